The van der Waals surface area contributed by atoms with E-state index in [0.29, 0.717) is 124 Å². The molecule has 10 rings (SSSR count). The van der Waals surface area contributed by atoms with Gasteiger partial charge in [-0.1, -0.05) is 117 Å². The third-order valence-electron chi connectivity index (χ3n) is 15.6. The number of ether oxygens (including phenoxy) is 5. The molecule has 0 spiro atoms. The van der Waals surface area contributed by atoms with Gasteiger partial charge in [-0.3, -0.25) is 39.2 Å². The monoisotopic (exact) mass is 1300 g/mol. The Morgan fingerprint density at radius 1 is 0.535 bits per heavy atom. The number of methoxy groups -OCH3 is 3. The van der Waals surface area contributed by atoms with Crippen LogP contribution in [0.15, 0.2) is 148 Å². The molecular weight excluding hydrogens is 1230 g/mol. The van der Waals surface area contributed by atoms with Gasteiger partial charge in [0.25, 0.3) is 0 Å². The van der Waals surface area contributed by atoms with Gasteiger partial charge in [-0.2, -0.15) is 0 Å². The second-order valence-electron chi connectivity index (χ2n) is 21.4. The highest BCUT2D eigenvalue weighted by Gasteiger charge is 2.37. The Hall–Kier alpha value is -7.58. The summed E-state index contributed by atoms with van der Waals surface area (Å²) in [7, 11) is 4.64. The summed E-state index contributed by atoms with van der Waals surface area (Å²) in [4.78, 5) is 81.3. The molecule has 6 aromatic carbocycles. The quantitative estimate of drug-likeness (QED) is 0.0283. The Kier molecular flexibility index (Phi) is 26.0. The number of carbonyl (C=O) groups is 6. The van der Waals surface area contributed by atoms with Gasteiger partial charge < -0.3 is 34.3 Å². The average Bonchev–Trinajstić information content (AvgIpc) is 3.00. The van der Waals surface area contributed by atoms with E-state index < -0.39 is 53.5 Å². The SMILES string of the molecule is COc1cc(CCC[C@H]2C(=O)N[C@H](C(=O)c3ccccc3)Cc3ccc(cc3)OCCCC[C@@H]2C(=O)NO)cc(OC)c1OC.O=C(c1ccccc1)[C@@H]1Cc2ccc(cc2)OCCCC[C@H](C(=O)NO)[C@@H](CCCc2cc(Br)cc(Br)c2)C(=O)N1. The molecule has 0 aliphatic carbocycles. The maximum Gasteiger partial charge on any atom is 0.247 e. The maximum atomic E-state index is 14.1. The molecule has 6 aromatic rings. The summed E-state index contributed by atoms with van der Waals surface area (Å²) in [5.41, 5.74) is 8.25. The number of benzene rings is 6. The van der Waals surface area contributed by atoms with Crippen LogP contribution in [0.2, 0.25) is 0 Å². The maximum absolute atomic E-state index is 14.1. The number of halogens is 2. The van der Waals surface area contributed by atoms with Gasteiger partial charge in [0.2, 0.25) is 29.4 Å². The molecule has 6 atom stereocenters. The molecule has 0 aromatic heterocycles. The van der Waals surface area contributed by atoms with Crippen LogP contribution in [-0.4, -0.2) is 92.2 Å². The number of aryl methyl sites for hydroxylation is 2. The number of hydrogen-bond acceptors (Lipinski definition) is 13. The van der Waals surface area contributed by atoms with E-state index >= 15 is 0 Å². The zero-order valence-corrected chi connectivity index (χ0v) is 51.9. The summed E-state index contributed by atoms with van der Waals surface area (Å²) in [5.74, 6) is -2.62. The Balaban J connectivity index is 0.000000247. The third-order valence-corrected chi connectivity index (χ3v) is 16.5. The van der Waals surface area contributed by atoms with Crippen LogP contribution in [0, 0.1) is 23.7 Å². The molecule has 17 nitrogen and oxygen atoms in total. The fourth-order valence-corrected chi connectivity index (χ4v) is 12.5. The van der Waals surface area contributed by atoms with Crippen LogP contribution in [0.4, 0.5) is 0 Å². The van der Waals surface area contributed by atoms with Crippen LogP contribution in [0.1, 0.15) is 107 Å². The molecule has 0 unspecified atom stereocenters. The fraction of sp³-hybridized carbons (Fsp3) is 0.373. The van der Waals surface area contributed by atoms with Gasteiger partial charge in [0.15, 0.2) is 23.1 Å². The van der Waals surface area contributed by atoms with E-state index in [1.165, 1.54) is 7.11 Å². The lowest BCUT2D eigenvalue weighted by atomic mass is 9.82. The first-order valence-corrected chi connectivity index (χ1v) is 30.6. The van der Waals surface area contributed by atoms with Crippen molar-refractivity contribution in [3.63, 3.8) is 0 Å². The van der Waals surface area contributed by atoms with E-state index in [1.807, 2.05) is 91.0 Å². The molecule has 0 fully saturated rings. The number of hydrogen-bond donors (Lipinski definition) is 6. The van der Waals surface area contributed by atoms with E-state index in [1.54, 1.807) is 73.7 Å². The normalized spacial score (nSPS) is 19.3. The molecule has 0 radical (unpaired) electrons. The van der Waals surface area contributed by atoms with Crippen molar-refractivity contribution in [1.29, 1.82) is 0 Å². The third kappa shape index (κ3) is 19.2. The smallest absolute Gasteiger partial charge is 0.247 e. The average molecular weight is 1310 g/mol. The van der Waals surface area contributed by atoms with E-state index in [9.17, 15) is 39.2 Å². The summed E-state index contributed by atoms with van der Waals surface area (Å²) >= 11 is 7.04. The van der Waals surface area contributed by atoms with Gasteiger partial charge in [0, 0.05) is 44.7 Å². The molecule has 4 aliphatic rings. The molecule has 4 heterocycles. The van der Waals surface area contributed by atoms with Gasteiger partial charge in [-0.15, -0.1) is 0 Å². The number of fused-ring (bicyclic) bond motifs is 24. The summed E-state index contributed by atoms with van der Waals surface area (Å²) in [5, 5.41) is 25.2. The van der Waals surface area contributed by atoms with Crippen LogP contribution in [0.5, 0.6) is 28.7 Å². The van der Waals surface area contributed by atoms with Gasteiger partial charge in [-0.05, 0) is 154 Å². The van der Waals surface area contributed by atoms with Gasteiger partial charge in [0.1, 0.15) is 11.5 Å². The molecule has 0 saturated heterocycles. The van der Waals surface area contributed by atoms with Crippen LogP contribution in [-0.2, 0) is 44.9 Å². The highest BCUT2D eigenvalue weighted by molar-refractivity contribution is 9.11. The first-order valence-electron chi connectivity index (χ1n) is 29.1. The molecule has 4 amide bonds. The Labute approximate surface area is 519 Å². The first kappa shape index (κ1) is 66.0. The summed E-state index contributed by atoms with van der Waals surface area (Å²) in [6, 6.07) is 40.8. The van der Waals surface area contributed by atoms with Crippen molar-refractivity contribution in [2.45, 2.75) is 102 Å². The van der Waals surface area contributed by atoms with Crippen molar-refractivity contribution in [2.24, 2.45) is 23.7 Å². The van der Waals surface area contributed by atoms with Crippen LogP contribution in [0.25, 0.3) is 0 Å². The lowest BCUT2D eigenvalue weighted by Crippen LogP contribution is -2.48. The Morgan fingerprint density at radius 2 is 0.930 bits per heavy atom. The highest BCUT2D eigenvalue weighted by Crippen LogP contribution is 2.39. The fourth-order valence-electron chi connectivity index (χ4n) is 11.1. The van der Waals surface area contributed by atoms with E-state index in [0.717, 1.165) is 36.9 Å². The number of rotatable bonds is 17. The minimum atomic E-state index is -0.868. The molecule has 86 heavy (non-hydrogen) atoms. The number of amides is 4. The minimum Gasteiger partial charge on any atom is -0.494 e. The molecular formula is C67H76Br2N4O13. The van der Waals surface area contributed by atoms with Crippen LogP contribution < -0.4 is 45.3 Å². The largest absolute Gasteiger partial charge is 0.494 e. The van der Waals surface area contributed by atoms with Crippen molar-refractivity contribution in [3.05, 3.63) is 182 Å². The zero-order valence-electron chi connectivity index (χ0n) is 48.7. The second-order valence-corrected chi connectivity index (χ2v) is 23.3. The summed E-state index contributed by atoms with van der Waals surface area (Å²) < 4.78 is 30.1. The summed E-state index contributed by atoms with van der Waals surface area (Å²) in [6.07, 6.45) is 7.03. The van der Waals surface area contributed by atoms with E-state index in [2.05, 4.69) is 42.5 Å². The van der Waals surface area contributed by atoms with Crippen LogP contribution in [0.3, 0.4) is 0 Å². The van der Waals surface area contributed by atoms with Crippen molar-refractivity contribution >= 4 is 67.1 Å². The number of Topliss-reactive ketones (excluding diaryl/α,β-unsaturated/α-hetero) is 2. The van der Waals surface area contributed by atoms with Gasteiger partial charge >= 0.3 is 0 Å². The summed E-state index contributed by atoms with van der Waals surface area (Å²) in [6.45, 7) is 0.913. The number of ketones is 2. The highest BCUT2D eigenvalue weighted by atomic mass is 79.9. The second kappa shape index (κ2) is 33.9. The van der Waals surface area contributed by atoms with Crippen molar-refractivity contribution in [1.82, 2.24) is 21.6 Å². The molecule has 456 valence electrons. The number of hydroxylamine groups is 2. The standard InChI is InChI=1S/C35H42N2O8.C32H34Br2N2O5/c1-42-30-21-24(22-31(43-2)33(30)44-3)10-9-14-27-28(35(40)37-41)13-7-8-19-45-26-17-15-23(16-18-26)20-29(36-34(27)39)32(38)25-11-5-4-6-12-25;33-24-17-22(18-25(34)20-24)7-6-11-27-28(32(39)36-40)10-4-5-16-41-26-14-12-21(13-15-26)19-29(35-31(27)38)30(37)23-8-2-1-3-9-23/h4-6,11-12,15-18,21-22,27-29,41H,7-10,13-14,19-20H2,1-3H3,(H,36,39)(H,37,40);1-3,8-9,12-15,17-18,20,27-29,40H,4-7,10-11,16,19H2,(H,35,38)(H,36,39)/t2*27-,28+,29+/m11/s1. The lowest BCUT2D eigenvalue weighted by Gasteiger charge is -2.27. The Bertz CT molecular complexity index is 3140. The number of carbonyl (C=O) groups excluding carboxylic acids is 6. The van der Waals surface area contributed by atoms with Crippen molar-refractivity contribution in [3.8, 4) is 28.7 Å². The topological polar surface area (TPSA) is 237 Å². The first-order chi connectivity index (χ1) is 41.7. The van der Waals surface area contributed by atoms with E-state index in [-0.39, 0.29) is 30.3 Å². The van der Waals surface area contributed by atoms with Crippen molar-refractivity contribution in [2.75, 3.05) is 34.5 Å². The van der Waals surface area contributed by atoms with Gasteiger partial charge in [-0.25, -0.2) is 11.0 Å². The lowest BCUT2D eigenvalue weighted by molar-refractivity contribution is -0.141. The van der Waals surface area contributed by atoms with Gasteiger partial charge in [0.05, 0.1) is 58.5 Å². The number of nitrogens with one attached hydrogen (secondary N) is 4. The minimum absolute atomic E-state index is 0.204. The molecule has 4 aliphatic heterocycles. The predicted molar refractivity (Wildman–Crippen MR) is 332 cm³/mol. The molecule has 4 bridgehead atoms. The van der Waals surface area contributed by atoms with Crippen LogP contribution >= 0.6 is 31.9 Å². The predicted octanol–water partition coefficient (Wildman–Crippen LogP) is 11.4. The molecule has 6 N–H and O–H groups in total. The Morgan fingerprint density at radius 3 is 1.30 bits per heavy atom. The van der Waals surface area contributed by atoms with Crippen molar-refractivity contribution < 1.29 is 62.9 Å². The zero-order chi connectivity index (χ0) is 61.4. The molecule has 0 saturated carbocycles. The van der Waals surface area contributed by atoms with E-state index in [4.69, 9.17) is 23.7 Å². The molecule has 19 heteroatoms.